The van der Waals surface area contributed by atoms with Gasteiger partial charge in [-0.2, -0.15) is 13.2 Å². The maximum Gasteiger partial charge on any atom is 0.416 e. The Morgan fingerprint density at radius 3 is 2.42 bits per heavy atom. The zero-order valence-corrected chi connectivity index (χ0v) is 22.3. The van der Waals surface area contributed by atoms with Crippen molar-refractivity contribution in [2.75, 3.05) is 4.90 Å². The molecule has 0 aliphatic carbocycles. The molecule has 38 heavy (non-hydrogen) atoms. The van der Waals surface area contributed by atoms with E-state index < -0.39 is 40.8 Å². The van der Waals surface area contributed by atoms with Crippen LogP contribution in [0.1, 0.15) is 27.8 Å². The molecule has 0 aromatic heterocycles. The third-order valence-corrected chi connectivity index (χ3v) is 6.67. The van der Waals surface area contributed by atoms with E-state index in [1.54, 1.807) is 18.2 Å². The summed E-state index contributed by atoms with van der Waals surface area (Å²) in [5.74, 6) is -1.82. The van der Waals surface area contributed by atoms with Gasteiger partial charge in [-0.25, -0.2) is 9.69 Å². The average molecular weight is 608 g/mol. The van der Waals surface area contributed by atoms with Gasteiger partial charge in [0.1, 0.15) is 17.9 Å². The van der Waals surface area contributed by atoms with E-state index in [1.807, 2.05) is 37.4 Å². The molecule has 4 rings (SSSR count). The number of imide groups is 2. The number of amides is 4. The average Bonchev–Trinajstić information content (AvgIpc) is 2.83. The molecule has 1 saturated heterocycles. The number of anilines is 1. The predicted octanol–water partition coefficient (Wildman–Crippen LogP) is 6.98. The summed E-state index contributed by atoms with van der Waals surface area (Å²) in [5, 5.41) is 1.70. The fourth-order valence-corrected chi connectivity index (χ4v) is 4.29. The highest BCUT2D eigenvalue weighted by atomic mass is 79.9. The van der Waals surface area contributed by atoms with E-state index in [9.17, 15) is 27.6 Å². The molecule has 0 radical (unpaired) electrons. The lowest BCUT2D eigenvalue weighted by atomic mass is 10.1. The number of alkyl halides is 3. The number of barbiturate groups is 1. The van der Waals surface area contributed by atoms with E-state index in [0.29, 0.717) is 26.8 Å². The second-order valence-electron chi connectivity index (χ2n) is 8.51. The molecule has 11 heteroatoms. The molecule has 0 spiro atoms. The highest BCUT2D eigenvalue weighted by Crippen LogP contribution is 2.37. The molecule has 0 saturated carbocycles. The first kappa shape index (κ1) is 27.4. The summed E-state index contributed by atoms with van der Waals surface area (Å²) < 4.78 is 46.4. The lowest BCUT2D eigenvalue weighted by Gasteiger charge is -2.27. The largest absolute Gasteiger partial charge is 0.488 e. The van der Waals surface area contributed by atoms with Crippen molar-refractivity contribution in [1.82, 2.24) is 5.32 Å². The van der Waals surface area contributed by atoms with Crippen molar-refractivity contribution in [2.45, 2.75) is 26.6 Å². The number of halogens is 5. The highest BCUT2D eigenvalue weighted by molar-refractivity contribution is 9.10. The first-order valence-corrected chi connectivity index (χ1v) is 12.3. The molecule has 0 bridgehead atoms. The Bertz CT molecular complexity index is 1500. The topological polar surface area (TPSA) is 75.7 Å². The van der Waals surface area contributed by atoms with Crippen molar-refractivity contribution in [3.05, 3.63) is 97.5 Å². The van der Waals surface area contributed by atoms with E-state index in [0.717, 1.165) is 28.8 Å². The van der Waals surface area contributed by atoms with Crippen LogP contribution in [0.2, 0.25) is 5.02 Å². The minimum absolute atomic E-state index is 0.198. The summed E-state index contributed by atoms with van der Waals surface area (Å²) in [7, 11) is 0. The Balaban J connectivity index is 1.71. The van der Waals surface area contributed by atoms with Crippen molar-refractivity contribution in [2.24, 2.45) is 0 Å². The third-order valence-electron chi connectivity index (χ3n) is 5.85. The first-order chi connectivity index (χ1) is 17.8. The molecular weight excluding hydrogens is 589 g/mol. The van der Waals surface area contributed by atoms with Crippen LogP contribution in [0.3, 0.4) is 0 Å². The third kappa shape index (κ3) is 5.76. The van der Waals surface area contributed by atoms with Crippen LogP contribution in [0.25, 0.3) is 6.08 Å². The molecule has 0 unspecified atom stereocenters. The minimum Gasteiger partial charge on any atom is -0.488 e. The van der Waals surface area contributed by atoms with Gasteiger partial charge in [0, 0.05) is 10.0 Å². The summed E-state index contributed by atoms with van der Waals surface area (Å²) >= 11 is 9.39. The molecule has 3 aromatic rings. The lowest BCUT2D eigenvalue weighted by molar-refractivity contribution is -0.137. The Morgan fingerprint density at radius 1 is 1.00 bits per heavy atom. The number of carbonyl (C=O) groups is 3. The summed E-state index contributed by atoms with van der Waals surface area (Å²) in [6.07, 6.45) is -3.54. The molecule has 1 aliphatic heterocycles. The van der Waals surface area contributed by atoms with E-state index >= 15 is 0 Å². The fraction of sp³-hybridized carbons (Fsp3) is 0.148. The maximum absolute atomic E-state index is 13.3. The van der Waals surface area contributed by atoms with Gasteiger partial charge in [0.2, 0.25) is 0 Å². The van der Waals surface area contributed by atoms with Gasteiger partial charge >= 0.3 is 12.2 Å². The quantitative estimate of drug-likeness (QED) is 0.251. The van der Waals surface area contributed by atoms with Crippen LogP contribution < -0.4 is 15.0 Å². The van der Waals surface area contributed by atoms with Crippen LogP contribution in [-0.2, 0) is 22.4 Å². The lowest BCUT2D eigenvalue weighted by Crippen LogP contribution is -2.54. The number of aryl methyl sites for hydroxylation is 2. The van der Waals surface area contributed by atoms with Gasteiger partial charge in [0.15, 0.2) is 0 Å². The molecule has 4 amide bonds. The number of benzene rings is 3. The number of rotatable bonds is 5. The first-order valence-electron chi connectivity index (χ1n) is 11.1. The molecule has 3 aromatic carbocycles. The van der Waals surface area contributed by atoms with Gasteiger partial charge in [0.25, 0.3) is 11.8 Å². The van der Waals surface area contributed by atoms with Gasteiger partial charge in [-0.15, -0.1) is 0 Å². The molecular formula is C27H19BrClF3N2O4. The van der Waals surface area contributed by atoms with Crippen LogP contribution in [0, 0.1) is 13.8 Å². The van der Waals surface area contributed by atoms with Crippen LogP contribution in [-0.4, -0.2) is 17.8 Å². The summed E-state index contributed by atoms with van der Waals surface area (Å²) in [4.78, 5) is 38.9. The molecule has 196 valence electrons. The van der Waals surface area contributed by atoms with Crippen LogP contribution in [0.5, 0.6) is 5.75 Å². The summed E-state index contributed by atoms with van der Waals surface area (Å²) in [6, 6.07) is 11.8. The van der Waals surface area contributed by atoms with Gasteiger partial charge in [-0.05, 0) is 73.0 Å². The number of nitrogens with zero attached hydrogens (tertiary/aromatic N) is 1. The Morgan fingerprint density at radius 2 is 1.74 bits per heavy atom. The number of hydrogen-bond acceptors (Lipinski definition) is 4. The molecule has 1 fully saturated rings. The standard InChI is InChI=1S/C27H19BrClF3N2O4/c1-14-3-4-16(9-15(14)2)13-38-23-8-6-19(28)10-17(23)11-20-24(35)33-26(37)34(25(20)36)22-12-18(27(30,31)32)5-7-21(22)29/h3-12H,13H2,1-2H3,(H,33,35,37)/b20-11-. The number of nitrogens with one attached hydrogen (secondary N) is 1. The van der Waals surface area contributed by atoms with Crippen molar-refractivity contribution in [3.63, 3.8) is 0 Å². The molecule has 6 nitrogen and oxygen atoms in total. The smallest absolute Gasteiger partial charge is 0.416 e. The summed E-state index contributed by atoms with van der Waals surface area (Å²) in [6.45, 7) is 4.17. The van der Waals surface area contributed by atoms with Crippen molar-refractivity contribution >= 4 is 57.1 Å². The van der Waals surface area contributed by atoms with Crippen LogP contribution in [0.4, 0.5) is 23.7 Å². The molecule has 0 atom stereocenters. The maximum atomic E-state index is 13.3. The van der Waals surface area contributed by atoms with Crippen LogP contribution in [0.15, 0.2) is 64.6 Å². The summed E-state index contributed by atoms with van der Waals surface area (Å²) in [5.41, 5.74) is 1.32. The Labute approximate surface area is 229 Å². The number of carbonyl (C=O) groups excluding carboxylic acids is 3. The number of hydrogen-bond donors (Lipinski definition) is 1. The van der Waals surface area contributed by atoms with Crippen molar-refractivity contribution < 1.29 is 32.3 Å². The zero-order valence-electron chi connectivity index (χ0n) is 20.0. The second-order valence-corrected chi connectivity index (χ2v) is 9.83. The van der Waals surface area contributed by atoms with E-state index in [2.05, 4.69) is 15.9 Å². The van der Waals surface area contributed by atoms with Gasteiger partial charge in [0.05, 0.1) is 16.3 Å². The number of urea groups is 1. The van der Waals surface area contributed by atoms with Gasteiger partial charge in [-0.1, -0.05) is 45.7 Å². The zero-order chi connectivity index (χ0) is 27.8. The minimum atomic E-state index is -4.75. The molecule has 1 N–H and O–H groups in total. The second kappa shape index (κ2) is 10.6. The SMILES string of the molecule is Cc1ccc(COc2ccc(Br)cc2/C=C2/C(=O)NC(=O)N(c3cc(C(F)(F)F)ccc3Cl)C2=O)cc1C. The highest BCUT2D eigenvalue weighted by Gasteiger charge is 2.39. The van der Waals surface area contributed by atoms with E-state index in [1.165, 1.54) is 6.08 Å². The molecule has 1 heterocycles. The van der Waals surface area contributed by atoms with Crippen molar-refractivity contribution in [3.8, 4) is 5.75 Å². The van der Waals surface area contributed by atoms with Gasteiger partial charge in [-0.3, -0.25) is 14.9 Å². The normalized spacial score (nSPS) is 15.2. The van der Waals surface area contributed by atoms with Crippen molar-refractivity contribution in [1.29, 1.82) is 0 Å². The van der Waals surface area contributed by atoms with Crippen LogP contribution >= 0.6 is 27.5 Å². The van der Waals surface area contributed by atoms with Gasteiger partial charge < -0.3 is 4.74 Å². The Hall–Kier alpha value is -3.63. The number of ether oxygens (including phenoxy) is 1. The van der Waals surface area contributed by atoms with E-state index in [-0.39, 0.29) is 11.6 Å². The molecule has 1 aliphatic rings. The predicted molar refractivity (Wildman–Crippen MR) is 140 cm³/mol. The fourth-order valence-electron chi connectivity index (χ4n) is 3.71. The Kier molecular flexibility index (Phi) is 7.66. The monoisotopic (exact) mass is 606 g/mol. The van der Waals surface area contributed by atoms with E-state index in [4.69, 9.17) is 16.3 Å².